The van der Waals surface area contributed by atoms with E-state index in [9.17, 15) is 14.7 Å². The van der Waals surface area contributed by atoms with Gasteiger partial charge in [-0.15, -0.1) is 0 Å². The third-order valence-corrected chi connectivity index (χ3v) is 6.57. The van der Waals surface area contributed by atoms with Crippen LogP contribution in [0.3, 0.4) is 0 Å². The summed E-state index contributed by atoms with van der Waals surface area (Å²) in [5, 5.41) is 12.3. The summed E-state index contributed by atoms with van der Waals surface area (Å²) in [6.45, 7) is 8.24. The van der Waals surface area contributed by atoms with Crippen LogP contribution in [0.5, 0.6) is 11.5 Å². The summed E-state index contributed by atoms with van der Waals surface area (Å²) in [6, 6.07) is 24.7. The van der Waals surface area contributed by atoms with E-state index in [-0.39, 0.29) is 12.5 Å². The minimum Gasteiger partial charge on any atom is -0.494 e. The van der Waals surface area contributed by atoms with Gasteiger partial charge >= 0.3 is 12.0 Å². The van der Waals surface area contributed by atoms with Crippen LogP contribution in [0.25, 0.3) is 0 Å². The van der Waals surface area contributed by atoms with Crippen molar-refractivity contribution in [1.82, 2.24) is 4.90 Å². The van der Waals surface area contributed by atoms with Gasteiger partial charge in [-0.1, -0.05) is 56.3 Å². The van der Waals surface area contributed by atoms with Gasteiger partial charge in [0.1, 0.15) is 18.1 Å². The predicted octanol–water partition coefficient (Wildman–Crippen LogP) is 6.61. The van der Waals surface area contributed by atoms with Gasteiger partial charge in [0.05, 0.1) is 13.2 Å². The summed E-state index contributed by atoms with van der Waals surface area (Å²) in [5.74, 6) is 0.928. The Hall–Kier alpha value is -4.04. The van der Waals surface area contributed by atoms with Gasteiger partial charge in [-0.3, -0.25) is 0 Å². The van der Waals surface area contributed by atoms with Gasteiger partial charge in [0, 0.05) is 25.3 Å². The van der Waals surface area contributed by atoms with Gasteiger partial charge in [0.2, 0.25) is 0 Å². The molecule has 0 spiro atoms. The summed E-state index contributed by atoms with van der Waals surface area (Å²) in [6.07, 6.45) is 0.997. The van der Waals surface area contributed by atoms with E-state index in [2.05, 4.69) is 19.2 Å². The number of unbranched alkanes of at least 4 members (excludes halogenated alkanes) is 1. The van der Waals surface area contributed by atoms with E-state index in [4.69, 9.17) is 14.2 Å². The Labute approximate surface area is 243 Å². The molecule has 0 fully saturated rings. The summed E-state index contributed by atoms with van der Waals surface area (Å²) < 4.78 is 17.0. The number of nitrogens with zero attached hydrogens (tertiary/aromatic N) is 1. The fraction of sp³-hybridized carbons (Fsp3) is 0.394. The molecule has 0 aliphatic heterocycles. The number of nitrogens with one attached hydrogen (secondary N) is 1. The highest BCUT2D eigenvalue weighted by molar-refractivity contribution is 5.89. The van der Waals surface area contributed by atoms with Crippen molar-refractivity contribution in [3.05, 3.63) is 90.0 Å². The lowest BCUT2D eigenvalue weighted by atomic mass is 10.0. The molecule has 8 heteroatoms. The number of aliphatic carboxylic acids is 1. The number of anilines is 1. The molecule has 3 aromatic rings. The SMILES string of the molecule is CCOC(Cc1ccc(OCCN(CCCCOc2ccccc2)C(=O)Nc2ccc(C(C)C)cc2)cc1)C(=O)O. The maximum atomic E-state index is 13.2. The Morgan fingerprint density at radius 1 is 0.829 bits per heavy atom. The molecule has 0 aliphatic carbocycles. The van der Waals surface area contributed by atoms with Crippen molar-refractivity contribution in [3.63, 3.8) is 0 Å². The number of para-hydroxylation sites is 1. The Kier molecular flexibility index (Phi) is 13.0. The molecule has 3 aromatic carbocycles. The molecule has 8 nitrogen and oxygen atoms in total. The van der Waals surface area contributed by atoms with E-state index in [0.29, 0.717) is 44.6 Å². The maximum absolute atomic E-state index is 13.2. The van der Waals surface area contributed by atoms with E-state index < -0.39 is 12.1 Å². The first-order valence-electron chi connectivity index (χ1n) is 14.3. The Morgan fingerprint density at radius 3 is 2.12 bits per heavy atom. The van der Waals surface area contributed by atoms with Crippen LogP contribution < -0.4 is 14.8 Å². The van der Waals surface area contributed by atoms with Crippen LogP contribution in [0.2, 0.25) is 0 Å². The molecule has 0 aliphatic rings. The highest BCUT2D eigenvalue weighted by Gasteiger charge is 2.18. The monoisotopic (exact) mass is 562 g/mol. The first-order valence-corrected chi connectivity index (χ1v) is 14.3. The molecule has 0 saturated heterocycles. The number of rotatable bonds is 17. The largest absolute Gasteiger partial charge is 0.494 e. The molecular formula is C33H42N2O6. The van der Waals surface area contributed by atoms with Crippen molar-refractivity contribution in [1.29, 1.82) is 0 Å². The van der Waals surface area contributed by atoms with Crippen LogP contribution in [0.15, 0.2) is 78.9 Å². The van der Waals surface area contributed by atoms with Crippen molar-refractivity contribution in [3.8, 4) is 11.5 Å². The van der Waals surface area contributed by atoms with Gasteiger partial charge in [-0.25, -0.2) is 9.59 Å². The standard InChI is InChI=1S/C33H42N2O6/c1-4-39-31(32(36)37)24-26-12-18-30(19-13-26)41-23-21-35(20-8-9-22-40-29-10-6-5-7-11-29)33(38)34-28-16-14-27(15-17-28)25(2)3/h5-7,10-19,25,31H,4,8-9,20-24H2,1-3H3,(H,34,38)(H,36,37). The van der Waals surface area contributed by atoms with E-state index in [1.54, 1.807) is 11.8 Å². The predicted molar refractivity (Wildman–Crippen MR) is 161 cm³/mol. The minimum absolute atomic E-state index is 0.180. The lowest BCUT2D eigenvalue weighted by molar-refractivity contribution is -0.149. The van der Waals surface area contributed by atoms with Crippen LogP contribution >= 0.6 is 0 Å². The van der Waals surface area contributed by atoms with Crippen LogP contribution in [0.4, 0.5) is 10.5 Å². The maximum Gasteiger partial charge on any atom is 0.333 e. The smallest absolute Gasteiger partial charge is 0.333 e. The molecule has 0 bridgehead atoms. The number of ether oxygens (including phenoxy) is 3. The molecule has 2 amide bonds. The number of urea groups is 1. The normalized spacial score (nSPS) is 11.6. The fourth-order valence-electron chi connectivity index (χ4n) is 4.21. The van der Waals surface area contributed by atoms with Gasteiger partial charge in [-0.05, 0) is 73.2 Å². The Balaban J connectivity index is 1.53. The second-order valence-corrected chi connectivity index (χ2v) is 10.0. The zero-order valence-corrected chi connectivity index (χ0v) is 24.3. The van der Waals surface area contributed by atoms with Gasteiger partial charge < -0.3 is 29.5 Å². The van der Waals surface area contributed by atoms with Crippen molar-refractivity contribution in [2.45, 2.75) is 52.1 Å². The van der Waals surface area contributed by atoms with Crippen molar-refractivity contribution in [2.75, 3.05) is 38.2 Å². The average Bonchev–Trinajstić information content (AvgIpc) is 2.97. The highest BCUT2D eigenvalue weighted by Crippen LogP contribution is 2.18. The number of carbonyl (C=O) groups excluding carboxylic acids is 1. The van der Waals surface area contributed by atoms with Gasteiger partial charge in [-0.2, -0.15) is 0 Å². The Bertz CT molecular complexity index is 1180. The fourth-order valence-corrected chi connectivity index (χ4v) is 4.21. The molecule has 220 valence electrons. The summed E-state index contributed by atoms with van der Waals surface area (Å²) in [7, 11) is 0. The molecule has 0 saturated carbocycles. The van der Waals surface area contributed by atoms with Gasteiger partial charge in [0.15, 0.2) is 6.10 Å². The van der Waals surface area contributed by atoms with E-state index >= 15 is 0 Å². The lowest BCUT2D eigenvalue weighted by Crippen LogP contribution is -2.38. The lowest BCUT2D eigenvalue weighted by Gasteiger charge is -2.23. The number of benzene rings is 3. The summed E-state index contributed by atoms with van der Waals surface area (Å²) in [5.41, 5.74) is 2.81. The third kappa shape index (κ3) is 11.2. The van der Waals surface area contributed by atoms with Gasteiger partial charge in [0.25, 0.3) is 0 Å². The van der Waals surface area contributed by atoms with Crippen molar-refractivity contribution < 1.29 is 28.9 Å². The molecule has 0 radical (unpaired) electrons. The molecule has 2 N–H and O–H groups in total. The quantitative estimate of drug-likeness (QED) is 0.180. The zero-order valence-electron chi connectivity index (χ0n) is 24.3. The Morgan fingerprint density at radius 2 is 1.49 bits per heavy atom. The highest BCUT2D eigenvalue weighted by atomic mass is 16.5. The number of carboxylic acids is 1. The summed E-state index contributed by atoms with van der Waals surface area (Å²) >= 11 is 0. The van der Waals surface area contributed by atoms with Crippen LogP contribution in [-0.2, 0) is 16.0 Å². The molecular weight excluding hydrogens is 520 g/mol. The molecule has 1 atom stereocenters. The molecule has 3 rings (SSSR count). The molecule has 0 heterocycles. The third-order valence-electron chi connectivity index (χ3n) is 6.57. The van der Waals surface area contributed by atoms with E-state index in [0.717, 1.165) is 29.8 Å². The number of amides is 2. The summed E-state index contributed by atoms with van der Waals surface area (Å²) in [4.78, 5) is 26.3. The van der Waals surface area contributed by atoms with Crippen LogP contribution in [-0.4, -0.2) is 61.0 Å². The van der Waals surface area contributed by atoms with E-state index in [1.807, 2.05) is 78.9 Å². The number of hydrogen-bond acceptors (Lipinski definition) is 5. The van der Waals surface area contributed by atoms with Crippen LogP contribution in [0, 0.1) is 0 Å². The average molecular weight is 563 g/mol. The first-order chi connectivity index (χ1) is 19.9. The first kappa shape index (κ1) is 31.5. The number of hydrogen-bond donors (Lipinski definition) is 2. The second kappa shape index (κ2) is 16.9. The topological polar surface area (TPSA) is 97.3 Å². The molecule has 1 unspecified atom stereocenters. The number of carbonyl (C=O) groups is 2. The second-order valence-electron chi connectivity index (χ2n) is 10.0. The minimum atomic E-state index is -0.979. The number of carboxylic acid groups (broad SMARTS) is 1. The molecule has 0 aromatic heterocycles. The zero-order chi connectivity index (χ0) is 29.5. The van der Waals surface area contributed by atoms with E-state index in [1.165, 1.54) is 5.56 Å². The van der Waals surface area contributed by atoms with Crippen LogP contribution in [0.1, 0.15) is 50.7 Å². The van der Waals surface area contributed by atoms with Crippen molar-refractivity contribution in [2.24, 2.45) is 0 Å². The van der Waals surface area contributed by atoms with Crippen molar-refractivity contribution >= 4 is 17.7 Å². The molecule has 41 heavy (non-hydrogen) atoms.